The van der Waals surface area contributed by atoms with Gasteiger partial charge in [-0.15, -0.1) is 0 Å². The molecule has 3 aromatic carbocycles. The van der Waals surface area contributed by atoms with Crippen LogP contribution >= 0.6 is 22.6 Å². The molecule has 6 nitrogen and oxygen atoms in total. The number of ether oxygens (including phenoxy) is 1. The molecule has 0 unspecified atom stereocenters. The molecule has 8 heteroatoms. The fourth-order valence-corrected chi connectivity index (χ4v) is 4.82. The summed E-state index contributed by atoms with van der Waals surface area (Å²) in [6.45, 7) is 3.71. The number of carbonyl (C=O) groups is 3. The Hall–Kier alpha value is -3.53. The van der Waals surface area contributed by atoms with Crippen molar-refractivity contribution in [2.75, 3.05) is 12.0 Å². The predicted octanol–water partition coefficient (Wildman–Crippen LogP) is 5.31. The molecular formula is C27H22FIN2O4. The first kappa shape index (κ1) is 24.6. The Morgan fingerprint density at radius 2 is 1.80 bits per heavy atom. The van der Waals surface area contributed by atoms with Gasteiger partial charge in [-0.2, -0.15) is 0 Å². The van der Waals surface area contributed by atoms with Gasteiger partial charge in [-0.05, 0) is 83.5 Å². The molecule has 0 bridgehead atoms. The fraction of sp³-hybridized carbons (Fsp3) is 0.148. The highest BCUT2D eigenvalue weighted by Gasteiger charge is 2.37. The summed E-state index contributed by atoms with van der Waals surface area (Å²) < 4.78 is 20.5. The number of anilines is 1. The zero-order chi connectivity index (χ0) is 25.3. The van der Waals surface area contributed by atoms with Crippen molar-refractivity contribution in [1.29, 1.82) is 0 Å². The van der Waals surface area contributed by atoms with Gasteiger partial charge in [0.25, 0.3) is 11.8 Å². The lowest BCUT2D eigenvalue weighted by atomic mass is 10.00. The van der Waals surface area contributed by atoms with E-state index in [4.69, 9.17) is 4.74 Å². The SMILES string of the molecule is COc1cc(/C=C2\C(=O)NC(=O)N(c3ccc(C)cc3C)C2=O)cc(I)c1Cc1ccccc1F. The Kier molecular flexibility index (Phi) is 7.02. The summed E-state index contributed by atoms with van der Waals surface area (Å²) in [4.78, 5) is 39.4. The summed E-state index contributed by atoms with van der Waals surface area (Å²) in [7, 11) is 1.51. The maximum atomic E-state index is 14.2. The van der Waals surface area contributed by atoms with Crippen LogP contribution in [0.5, 0.6) is 5.75 Å². The number of amides is 4. The van der Waals surface area contributed by atoms with Crippen molar-refractivity contribution >= 4 is 52.2 Å². The van der Waals surface area contributed by atoms with E-state index in [0.717, 1.165) is 25.2 Å². The highest BCUT2D eigenvalue weighted by molar-refractivity contribution is 14.1. The van der Waals surface area contributed by atoms with Crippen molar-refractivity contribution in [2.45, 2.75) is 20.3 Å². The Morgan fingerprint density at radius 3 is 2.49 bits per heavy atom. The lowest BCUT2D eigenvalue weighted by Crippen LogP contribution is -2.54. The van der Waals surface area contributed by atoms with Gasteiger partial charge in [0.2, 0.25) is 0 Å². The summed E-state index contributed by atoms with van der Waals surface area (Å²) in [5.41, 5.74) is 3.80. The molecule has 3 aromatic rings. The van der Waals surface area contributed by atoms with Crippen LogP contribution in [0.1, 0.15) is 27.8 Å². The van der Waals surface area contributed by atoms with Crippen LogP contribution in [-0.4, -0.2) is 25.0 Å². The smallest absolute Gasteiger partial charge is 0.335 e. The molecule has 0 saturated carbocycles. The molecule has 0 aromatic heterocycles. The zero-order valence-electron chi connectivity index (χ0n) is 19.3. The third-order valence-electron chi connectivity index (χ3n) is 5.73. The van der Waals surface area contributed by atoms with Crippen molar-refractivity contribution in [1.82, 2.24) is 5.32 Å². The third kappa shape index (κ3) is 4.97. The maximum Gasteiger partial charge on any atom is 0.335 e. The minimum Gasteiger partial charge on any atom is -0.496 e. The first-order valence-electron chi connectivity index (χ1n) is 10.8. The standard InChI is InChI=1S/C27H22FIN2O4/c1-15-8-9-23(16(2)10-15)31-26(33)20(25(32)30-27(31)34)11-17-12-22(29)19(24(13-17)35-3)14-18-6-4-5-7-21(18)28/h4-13H,14H2,1-3H3,(H,30,32,34)/b20-11+. The molecule has 1 fully saturated rings. The molecule has 4 amide bonds. The van der Waals surface area contributed by atoms with Crippen LogP contribution in [0, 0.1) is 23.2 Å². The highest BCUT2D eigenvalue weighted by atomic mass is 127. The van der Waals surface area contributed by atoms with E-state index in [9.17, 15) is 18.8 Å². The van der Waals surface area contributed by atoms with Gasteiger partial charge < -0.3 is 4.74 Å². The van der Waals surface area contributed by atoms with E-state index < -0.39 is 17.8 Å². The molecule has 1 saturated heterocycles. The Balaban J connectivity index is 1.72. The molecule has 1 heterocycles. The van der Waals surface area contributed by atoms with E-state index >= 15 is 0 Å². The van der Waals surface area contributed by atoms with E-state index in [-0.39, 0.29) is 11.4 Å². The quantitative estimate of drug-likeness (QED) is 0.251. The van der Waals surface area contributed by atoms with E-state index in [1.54, 1.807) is 49.4 Å². The maximum absolute atomic E-state index is 14.2. The number of methoxy groups -OCH3 is 1. The average molecular weight is 584 g/mol. The summed E-state index contributed by atoms with van der Waals surface area (Å²) in [5.74, 6) is -1.30. The Labute approximate surface area is 215 Å². The molecule has 1 N–H and O–H groups in total. The molecule has 0 aliphatic carbocycles. The van der Waals surface area contributed by atoms with Gasteiger partial charge in [-0.3, -0.25) is 14.9 Å². The van der Waals surface area contributed by atoms with Crippen molar-refractivity contribution in [3.05, 3.63) is 97.4 Å². The van der Waals surface area contributed by atoms with Crippen molar-refractivity contribution in [2.24, 2.45) is 0 Å². The van der Waals surface area contributed by atoms with Crippen LogP contribution in [0.3, 0.4) is 0 Å². The van der Waals surface area contributed by atoms with Crippen molar-refractivity contribution in [3.8, 4) is 5.75 Å². The van der Waals surface area contributed by atoms with Crippen molar-refractivity contribution in [3.63, 3.8) is 0 Å². The van der Waals surface area contributed by atoms with Crippen LogP contribution in [0.25, 0.3) is 6.08 Å². The second kappa shape index (κ2) is 9.99. The normalized spacial score (nSPS) is 14.9. The van der Waals surface area contributed by atoms with Crippen LogP contribution in [0.15, 0.2) is 60.2 Å². The minimum atomic E-state index is -0.795. The molecule has 35 heavy (non-hydrogen) atoms. The van der Waals surface area contributed by atoms with E-state index in [0.29, 0.717) is 29.0 Å². The fourth-order valence-electron chi connectivity index (χ4n) is 4.00. The minimum absolute atomic E-state index is 0.177. The van der Waals surface area contributed by atoms with Crippen LogP contribution in [0.2, 0.25) is 0 Å². The van der Waals surface area contributed by atoms with Crippen LogP contribution < -0.4 is 15.0 Å². The lowest BCUT2D eigenvalue weighted by Gasteiger charge is -2.27. The second-order valence-corrected chi connectivity index (χ2v) is 9.36. The summed E-state index contributed by atoms with van der Waals surface area (Å²) >= 11 is 2.12. The number of imide groups is 2. The van der Waals surface area contributed by atoms with Gasteiger partial charge in [0.1, 0.15) is 17.1 Å². The van der Waals surface area contributed by atoms with Gasteiger partial charge in [0.15, 0.2) is 0 Å². The summed E-state index contributed by atoms with van der Waals surface area (Å²) in [6.07, 6.45) is 1.75. The molecule has 178 valence electrons. The van der Waals surface area contributed by atoms with E-state index in [2.05, 4.69) is 27.9 Å². The number of benzene rings is 3. The molecule has 4 rings (SSSR count). The Bertz CT molecular complexity index is 1400. The topological polar surface area (TPSA) is 75.7 Å². The number of barbiturate groups is 1. The van der Waals surface area contributed by atoms with Gasteiger partial charge in [-0.25, -0.2) is 14.1 Å². The van der Waals surface area contributed by atoms with Crippen LogP contribution in [0.4, 0.5) is 14.9 Å². The molecular weight excluding hydrogens is 562 g/mol. The number of hydrogen-bond acceptors (Lipinski definition) is 4. The largest absolute Gasteiger partial charge is 0.496 e. The number of aryl methyl sites for hydroxylation is 2. The number of nitrogens with one attached hydrogen (secondary N) is 1. The molecule has 0 atom stereocenters. The van der Waals surface area contributed by atoms with Crippen LogP contribution in [-0.2, 0) is 16.0 Å². The number of rotatable bonds is 5. The highest BCUT2D eigenvalue weighted by Crippen LogP contribution is 2.31. The Morgan fingerprint density at radius 1 is 1.06 bits per heavy atom. The molecule has 1 aliphatic rings. The molecule has 1 aliphatic heterocycles. The first-order valence-corrected chi connectivity index (χ1v) is 11.9. The first-order chi connectivity index (χ1) is 16.7. The lowest BCUT2D eigenvalue weighted by molar-refractivity contribution is -0.122. The molecule has 0 radical (unpaired) electrons. The van der Waals surface area contributed by atoms with Crippen molar-refractivity contribution < 1.29 is 23.5 Å². The number of halogens is 2. The monoisotopic (exact) mass is 584 g/mol. The average Bonchev–Trinajstić information content (AvgIpc) is 2.80. The molecule has 0 spiro atoms. The summed E-state index contributed by atoms with van der Waals surface area (Å²) in [5, 5.41) is 2.25. The third-order valence-corrected chi connectivity index (χ3v) is 6.69. The number of urea groups is 1. The second-order valence-electron chi connectivity index (χ2n) is 8.20. The van der Waals surface area contributed by atoms with Gasteiger partial charge in [0.05, 0.1) is 12.8 Å². The van der Waals surface area contributed by atoms with Gasteiger partial charge >= 0.3 is 6.03 Å². The van der Waals surface area contributed by atoms with E-state index in [1.807, 2.05) is 13.0 Å². The predicted molar refractivity (Wildman–Crippen MR) is 140 cm³/mol. The number of nitrogens with zero attached hydrogens (tertiary/aromatic N) is 1. The van der Waals surface area contributed by atoms with Gasteiger partial charge in [0, 0.05) is 15.6 Å². The number of carbonyl (C=O) groups excluding carboxylic acids is 3. The van der Waals surface area contributed by atoms with E-state index in [1.165, 1.54) is 19.3 Å². The zero-order valence-corrected chi connectivity index (χ0v) is 21.5. The summed E-state index contributed by atoms with van der Waals surface area (Å²) in [6, 6.07) is 14.5. The number of hydrogen-bond donors (Lipinski definition) is 1. The van der Waals surface area contributed by atoms with Gasteiger partial charge in [-0.1, -0.05) is 35.9 Å².